The third-order valence-electron chi connectivity index (χ3n) is 4.35. The second-order valence-corrected chi connectivity index (χ2v) is 5.58. The monoisotopic (exact) mass is 240 g/mol. The number of hydrogen-bond donors (Lipinski definition) is 2. The molecule has 0 radical (unpaired) electrons. The van der Waals surface area contributed by atoms with E-state index in [-0.39, 0.29) is 17.9 Å². The minimum atomic E-state index is 0.149. The van der Waals surface area contributed by atoms with E-state index >= 15 is 0 Å². The summed E-state index contributed by atoms with van der Waals surface area (Å²) in [6.45, 7) is 7.37. The summed E-state index contributed by atoms with van der Waals surface area (Å²) in [6, 6.07) is 0.202. The van der Waals surface area contributed by atoms with Crippen molar-refractivity contribution in [3.63, 3.8) is 0 Å². The van der Waals surface area contributed by atoms with Gasteiger partial charge < -0.3 is 11.1 Å². The Bertz CT molecular complexity index is 238. The molecule has 1 aliphatic rings. The number of nitrogens with one attached hydrogen (secondary N) is 1. The van der Waals surface area contributed by atoms with Gasteiger partial charge in [0.25, 0.3) is 0 Å². The maximum Gasteiger partial charge on any atom is 0.223 e. The van der Waals surface area contributed by atoms with Crippen LogP contribution in [0.2, 0.25) is 0 Å². The minimum Gasteiger partial charge on any atom is -0.356 e. The SMILES string of the molecule is CCC(CC)CNC(=O)C1CCC(C)C(N)C1. The van der Waals surface area contributed by atoms with Crippen molar-refractivity contribution in [1.82, 2.24) is 5.32 Å². The van der Waals surface area contributed by atoms with Crippen LogP contribution in [-0.4, -0.2) is 18.5 Å². The van der Waals surface area contributed by atoms with Crippen LogP contribution in [0.25, 0.3) is 0 Å². The molecule has 17 heavy (non-hydrogen) atoms. The van der Waals surface area contributed by atoms with Gasteiger partial charge in [-0.25, -0.2) is 0 Å². The smallest absolute Gasteiger partial charge is 0.223 e. The molecule has 1 fully saturated rings. The molecule has 3 atom stereocenters. The molecular weight excluding hydrogens is 212 g/mol. The largest absolute Gasteiger partial charge is 0.356 e. The average Bonchev–Trinajstić information content (AvgIpc) is 2.33. The van der Waals surface area contributed by atoms with E-state index in [2.05, 4.69) is 26.1 Å². The lowest BCUT2D eigenvalue weighted by atomic mass is 9.79. The van der Waals surface area contributed by atoms with Gasteiger partial charge in [-0.3, -0.25) is 4.79 Å². The third kappa shape index (κ3) is 4.30. The fourth-order valence-corrected chi connectivity index (χ4v) is 2.56. The van der Waals surface area contributed by atoms with Crippen LogP contribution in [0.1, 0.15) is 52.9 Å². The molecule has 100 valence electrons. The molecule has 1 saturated carbocycles. The first kappa shape index (κ1) is 14.5. The van der Waals surface area contributed by atoms with Crippen LogP contribution >= 0.6 is 0 Å². The molecule has 0 saturated heterocycles. The van der Waals surface area contributed by atoms with Gasteiger partial charge in [0.15, 0.2) is 0 Å². The van der Waals surface area contributed by atoms with Crippen LogP contribution in [0.5, 0.6) is 0 Å². The zero-order valence-electron chi connectivity index (χ0n) is 11.5. The number of rotatable bonds is 5. The maximum atomic E-state index is 12.0. The molecule has 3 unspecified atom stereocenters. The summed E-state index contributed by atoms with van der Waals surface area (Å²) in [5, 5.41) is 3.10. The van der Waals surface area contributed by atoms with Crippen molar-refractivity contribution in [3.8, 4) is 0 Å². The minimum absolute atomic E-state index is 0.149. The molecule has 3 heteroatoms. The lowest BCUT2D eigenvalue weighted by Gasteiger charge is -2.31. The van der Waals surface area contributed by atoms with E-state index in [4.69, 9.17) is 5.73 Å². The lowest BCUT2D eigenvalue weighted by molar-refractivity contribution is -0.126. The molecule has 1 amide bonds. The molecule has 0 spiro atoms. The zero-order chi connectivity index (χ0) is 12.8. The highest BCUT2D eigenvalue weighted by Crippen LogP contribution is 2.27. The van der Waals surface area contributed by atoms with Crippen LogP contribution in [0.4, 0.5) is 0 Å². The number of nitrogens with two attached hydrogens (primary N) is 1. The van der Waals surface area contributed by atoms with Crippen LogP contribution < -0.4 is 11.1 Å². The Hall–Kier alpha value is -0.570. The van der Waals surface area contributed by atoms with Gasteiger partial charge in [-0.05, 0) is 31.1 Å². The summed E-state index contributed by atoms with van der Waals surface area (Å²) >= 11 is 0. The highest BCUT2D eigenvalue weighted by molar-refractivity contribution is 5.78. The number of carbonyl (C=O) groups excluding carboxylic acids is 1. The van der Waals surface area contributed by atoms with E-state index in [0.717, 1.165) is 38.6 Å². The topological polar surface area (TPSA) is 55.1 Å². The Kier molecular flexibility index (Phi) is 5.96. The zero-order valence-corrected chi connectivity index (χ0v) is 11.5. The predicted molar refractivity (Wildman–Crippen MR) is 71.6 cm³/mol. The van der Waals surface area contributed by atoms with Gasteiger partial charge in [0.2, 0.25) is 5.91 Å². The van der Waals surface area contributed by atoms with Gasteiger partial charge in [0, 0.05) is 18.5 Å². The van der Waals surface area contributed by atoms with E-state index < -0.39 is 0 Å². The van der Waals surface area contributed by atoms with Crippen LogP contribution in [0.15, 0.2) is 0 Å². The quantitative estimate of drug-likeness (QED) is 0.774. The van der Waals surface area contributed by atoms with Gasteiger partial charge in [-0.2, -0.15) is 0 Å². The molecular formula is C14H28N2O. The van der Waals surface area contributed by atoms with Crippen molar-refractivity contribution >= 4 is 5.91 Å². The van der Waals surface area contributed by atoms with Crippen molar-refractivity contribution in [2.45, 2.75) is 58.9 Å². The van der Waals surface area contributed by atoms with Crippen molar-refractivity contribution in [2.24, 2.45) is 23.5 Å². The lowest BCUT2D eigenvalue weighted by Crippen LogP contribution is -2.42. The highest BCUT2D eigenvalue weighted by atomic mass is 16.1. The summed E-state index contributed by atoms with van der Waals surface area (Å²) in [7, 11) is 0. The molecule has 0 heterocycles. The molecule has 0 aromatic rings. The first-order valence-corrected chi connectivity index (χ1v) is 7.11. The molecule has 0 bridgehead atoms. The summed E-state index contributed by atoms with van der Waals surface area (Å²) < 4.78 is 0. The first-order valence-electron chi connectivity index (χ1n) is 7.11. The maximum absolute atomic E-state index is 12.0. The van der Waals surface area contributed by atoms with E-state index in [0.29, 0.717) is 11.8 Å². The molecule has 3 nitrogen and oxygen atoms in total. The average molecular weight is 240 g/mol. The summed E-state index contributed by atoms with van der Waals surface area (Å²) in [6.07, 6.45) is 5.22. The standard InChI is InChI=1S/C14H28N2O/c1-4-11(5-2)9-16-14(17)12-7-6-10(3)13(15)8-12/h10-13H,4-9,15H2,1-3H3,(H,16,17). The van der Waals surface area contributed by atoms with Crippen LogP contribution in [0, 0.1) is 17.8 Å². The fraction of sp³-hybridized carbons (Fsp3) is 0.929. The van der Waals surface area contributed by atoms with Gasteiger partial charge in [-0.1, -0.05) is 33.6 Å². The molecule has 1 rings (SSSR count). The first-order chi connectivity index (χ1) is 8.08. The summed E-state index contributed by atoms with van der Waals surface area (Å²) in [5.74, 6) is 1.56. The Morgan fingerprint density at radius 1 is 1.35 bits per heavy atom. The van der Waals surface area contributed by atoms with E-state index in [1.54, 1.807) is 0 Å². The van der Waals surface area contributed by atoms with Crippen LogP contribution in [-0.2, 0) is 4.79 Å². The predicted octanol–water partition coefficient (Wildman–Crippen LogP) is 2.30. The molecule has 0 aromatic heterocycles. The summed E-state index contributed by atoms with van der Waals surface area (Å²) in [5.41, 5.74) is 6.03. The number of carbonyl (C=O) groups is 1. The molecule has 1 aliphatic carbocycles. The second-order valence-electron chi connectivity index (χ2n) is 5.58. The Morgan fingerprint density at radius 3 is 2.53 bits per heavy atom. The van der Waals surface area contributed by atoms with Crippen molar-refractivity contribution in [3.05, 3.63) is 0 Å². The second kappa shape index (κ2) is 7.00. The van der Waals surface area contributed by atoms with Gasteiger partial charge in [-0.15, -0.1) is 0 Å². The number of amides is 1. The molecule has 0 aromatic carbocycles. The van der Waals surface area contributed by atoms with Crippen molar-refractivity contribution in [2.75, 3.05) is 6.54 Å². The van der Waals surface area contributed by atoms with E-state index in [9.17, 15) is 4.79 Å². The van der Waals surface area contributed by atoms with Crippen molar-refractivity contribution < 1.29 is 4.79 Å². The molecule has 3 N–H and O–H groups in total. The Labute approximate surface area is 106 Å². The third-order valence-corrected chi connectivity index (χ3v) is 4.35. The van der Waals surface area contributed by atoms with Gasteiger partial charge >= 0.3 is 0 Å². The highest BCUT2D eigenvalue weighted by Gasteiger charge is 2.29. The van der Waals surface area contributed by atoms with E-state index in [1.165, 1.54) is 0 Å². The van der Waals surface area contributed by atoms with Crippen LogP contribution in [0.3, 0.4) is 0 Å². The fourth-order valence-electron chi connectivity index (χ4n) is 2.56. The van der Waals surface area contributed by atoms with Gasteiger partial charge in [0.1, 0.15) is 0 Å². The Balaban J connectivity index is 2.33. The summed E-state index contributed by atoms with van der Waals surface area (Å²) in [4.78, 5) is 12.0. The van der Waals surface area contributed by atoms with Gasteiger partial charge in [0.05, 0.1) is 0 Å². The normalized spacial score (nSPS) is 29.4. The number of hydrogen-bond acceptors (Lipinski definition) is 2. The Morgan fingerprint density at radius 2 is 2.00 bits per heavy atom. The molecule has 0 aliphatic heterocycles. The van der Waals surface area contributed by atoms with Crippen molar-refractivity contribution in [1.29, 1.82) is 0 Å². The van der Waals surface area contributed by atoms with E-state index in [1.807, 2.05) is 0 Å².